The van der Waals surface area contributed by atoms with Crippen molar-refractivity contribution < 1.29 is 28.6 Å². The standard InChI is InChI=1S/C50H98N2O6/c1-5-8-11-14-20-28-35-45-57-49(54)39-31-24-18-17-19-26-33-42-52(44-36-41-51-48(53)46-56-4)43-34-27-21-25-32-40-50(55)58-47(37-29-22-15-12-9-6-2)38-30-23-16-13-10-7-3/h47H,5-46H2,1-4H3,(H,51,53). The number of nitrogens with one attached hydrogen (secondary N) is 1. The summed E-state index contributed by atoms with van der Waals surface area (Å²) >= 11 is 0. The first kappa shape index (κ1) is 56.3. The first-order chi connectivity index (χ1) is 28.5. The van der Waals surface area contributed by atoms with Crippen LogP contribution in [0.1, 0.15) is 252 Å². The fourth-order valence-electron chi connectivity index (χ4n) is 7.80. The number of unbranched alkanes of at least 4 members (excludes halogenated alkanes) is 26. The molecule has 8 nitrogen and oxygen atoms in total. The zero-order chi connectivity index (χ0) is 42.4. The summed E-state index contributed by atoms with van der Waals surface area (Å²) in [4.78, 5) is 39.3. The second-order valence-electron chi connectivity index (χ2n) is 17.3. The van der Waals surface area contributed by atoms with Crippen LogP contribution >= 0.6 is 0 Å². The average Bonchev–Trinajstić information content (AvgIpc) is 3.21. The van der Waals surface area contributed by atoms with Crippen LogP contribution in [0.4, 0.5) is 0 Å². The summed E-state index contributed by atoms with van der Waals surface area (Å²) in [5.41, 5.74) is 0. The van der Waals surface area contributed by atoms with Crippen molar-refractivity contribution in [2.24, 2.45) is 0 Å². The lowest BCUT2D eigenvalue weighted by atomic mass is 10.0. The first-order valence-electron chi connectivity index (χ1n) is 25.3. The van der Waals surface area contributed by atoms with E-state index in [1.165, 1.54) is 161 Å². The van der Waals surface area contributed by atoms with Crippen LogP contribution in [0, 0.1) is 0 Å². The highest BCUT2D eigenvalue weighted by molar-refractivity contribution is 5.77. The molecule has 0 radical (unpaired) electrons. The van der Waals surface area contributed by atoms with Crippen molar-refractivity contribution in [3.63, 3.8) is 0 Å². The van der Waals surface area contributed by atoms with Crippen molar-refractivity contribution in [2.45, 2.75) is 258 Å². The second kappa shape index (κ2) is 46.4. The maximum absolute atomic E-state index is 12.8. The van der Waals surface area contributed by atoms with E-state index in [2.05, 4.69) is 31.0 Å². The zero-order valence-electron chi connectivity index (χ0n) is 39.2. The van der Waals surface area contributed by atoms with Crippen LogP contribution in [-0.4, -0.2) is 75.4 Å². The Morgan fingerprint density at radius 3 is 1.34 bits per heavy atom. The van der Waals surface area contributed by atoms with Gasteiger partial charge in [0.05, 0.1) is 6.61 Å². The molecule has 1 N–H and O–H groups in total. The van der Waals surface area contributed by atoms with Gasteiger partial charge in [0.15, 0.2) is 0 Å². The number of carbonyl (C=O) groups excluding carboxylic acids is 3. The van der Waals surface area contributed by atoms with Crippen LogP contribution in [0.5, 0.6) is 0 Å². The Labute approximate surface area is 360 Å². The van der Waals surface area contributed by atoms with E-state index >= 15 is 0 Å². The number of hydrogen-bond donors (Lipinski definition) is 1. The van der Waals surface area contributed by atoms with E-state index in [0.29, 0.717) is 26.0 Å². The predicted octanol–water partition coefficient (Wildman–Crippen LogP) is 13.6. The molecular weight excluding hydrogens is 725 g/mol. The van der Waals surface area contributed by atoms with Crippen LogP contribution in [0.25, 0.3) is 0 Å². The predicted molar refractivity (Wildman–Crippen MR) is 245 cm³/mol. The summed E-state index contributed by atoms with van der Waals surface area (Å²) in [6.45, 7) is 11.3. The molecule has 0 spiro atoms. The van der Waals surface area contributed by atoms with Gasteiger partial charge in [-0.05, 0) is 83.8 Å². The molecule has 8 heteroatoms. The highest BCUT2D eigenvalue weighted by Crippen LogP contribution is 2.19. The Bertz CT molecular complexity index is 870. The fourth-order valence-corrected chi connectivity index (χ4v) is 7.80. The number of rotatable bonds is 47. The van der Waals surface area contributed by atoms with E-state index in [-0.39, 0.29) is 30.6 Å². The number of nitrogens with zero attached hydrogens (tertiary/aromatic N) is 1. The molecular formula is C50H98N2O6. The molecule has 0 saturated heterocycles. The van der Waals surface area contributed by atoms with Gasteiger partial charge in [-0.15, -0.1) is 0 Å². The monoisotopic (exact) mass is 823 g/mol. The highest BCUT2D eigenvalue weighted by Gasteiger charge is 2.14. The molecule has 0 heterocycles. The van der Waals surface area contributed by atoms with Gasteiger partial charge >= 0.3 is 11.9 Å². The first-order valence-corrected chi connectivity index (χ1v) is 25.3. The van der Waals surface area contributed by atoms with Gasteiger partial charge < -0.3 is 24.4 Å². The molecule has 344 valence electrons. The van der Waals surface area contributed by atoms with Gasteiger partial charge in [-0.1, -0.05) is 175 Å². The van der Waals surface area contributed by atoms with Crippen LogP contribution in [0.2, 0.25) is 0 Å². The van der Waals surface area contributed by atoms with Crippen molar-refractivity contribution >= 4 is 17.8 Å². The largest absolute Gasteiger partial charge is 0.466 e. The Balaban J connectivity index is 4.29. The molecule has 0 atom stereocenters. The Morgan fingerprint density at radius 1 is 0.466 bits per heavy atom. The minimum Gasteiger partial charge on any atom is -0.466 e. The van der Waals surface area contributed by atoms with E-state index in [0.717, 1.165) is 77.4 Å². The lowest BCUT2D eigenvalue weighted by molar-refractivity contribution is -0.150. The van der Waals surface area contributed by atoms with Crippen molar-refractivity contribution in [1.82, 2.24) is 10.2 Å². The van der Waals surface area contributed by atoms with Crippen LogP contribution in [-0.2, 0) is 28.6 Å². The molecule has 0 unspecified atom stereocenters. The van der Waals surface area contributed by atoms with Crippen molar-refractivity contribution in [3.05, 3.63) is 0 Å². The molecule has 0 aliphatic rings. The van der Waals surface area contributed by atoms with Gasteiger partial charge in [-0.3, -0.25) is 14.4 Å². The smallest absolute Gasteiger partial charge is 0.306 e. The third-order valence-corrected chi connectivity index (χ3v) is 11.5. The minimum atomic E-state index is -0.0514. The van der Waals surface area contributed by atoms with Crippen LogP contribution in [0.15, 0.2) is 0 Å². The van der Waals surface area contributed by atoms with E-state index < -0.39 is 0 Å². The van der Waals surface area contributed by atoms with E-state index in [1.807, 2.05) is 0 Å². The molecule has 1 amide bonds. The summed E-state index contributed by atoms with van der Waals surface area (Å²) in [5.74, 6) is -0.0605. The lowest BCUT2D eigenvalue weighted by Crippen LogP contribution is -2.32. The highest BCUT2D eigenvalue weighted by atomic mass is 16.5. The molecule has 0 bridgehead atoms. The Hall–Kier alpha value is -1.67. The maximum Gasteiger partial charge on any atom is 0.306 e. The Kier molecular flexibility index (Phi) is 45.1. The molecule has 0 aromatic heterocycles. The summed E-state index contributed by atoms with van der Waals surface area (Å²) in [6.07, 6.45) is 41.9. The van der Waals surface area contributed by atoms with Gasteiger partial charge in [0, 0.05) is 26.5 Å². The molecule has 0 aliphatic heterocycles. The maximum atomic E-state index is 12.8. The number of hydrogen-bond acceptors (Lipinski definition) is 7. The molecule has 0 fully saturated rings. The summed E-state index contributed by atoms with van der Waals surface area (Å²) in [5, 5.41) is 2.96. The molecule has 0 saturated carbocycles. The quantitative estimate of drug-likeness (QED) is 0.0482. The van der Waals surface area contributed by atoms with Crippen LogP contribution < -0.4 is 5.32 Å². The van der Waals surface area contributed by atoms with Gasteiger partial charge in [0.2, 0.25) is 5.91 Å². The minimum absolute atomic E-state index is 0.0137. The van der Waals surface area contributed by atoms with Gasteiger partial charge in [0.25, 0.3) is 0 Å². The summed E-state index contributed by atoms with van der Waals surface area (Å²) in [6, 6.07) is 0. The lowest BCUT2D eigenvalue weighted by Gasteiger charge is -2.22. The molecule has 0 aliphatic carbocycles. The normalized spacial score (nSPS) is 11.5. The number of amides is 1. The van der Waals surface area contributed by atoms with E-state index in [1.54, 1.807) is 7.11 Å². The van der Waals surface area contributed by atoms with Crippen molar-refractivity contribution in [3.8, 4) is 0 Å². The third kappa shape index (κ3) is 42.5. The van der Waals surface area contributed by atoms with Crippen molar-refractivity contribution in [1.29, 1.82) is 0 Å². The molecule has 58 heavy (non-hydrogen) atoms. The number of esters is 2. The third-order valence-electron chi connectivity index (χ3n) is 11.5. The van der Waals surface area contributed by atoms with Crippen molar-refractivity contribution in [2.75, 3.05) is 46.5 Å². The van der Waals surface area contributed by atoms with Gasteiger partial charge in [-0.25, -0.2) is 0 Å². The number of carbonyl (C=O) groups is 3. The fraction of sp³-hybridized carbons (Fsp3) is 0.940. The van der Waals surface area contributed by atoms with E-state index in [4.69, 9.17) is 14.2 Å². The Morgan fingerprint density at radius 2 is 0.862 bits per heavy atom. The zero-order valence-corrected chi connectivity index (χ0v) is 39.2. The average molecular weight is 823 g/mol. The number of ether oxygens (including phenoxy) is 3. The van der Waals surface area contributed by atoms with Gasteiger partial charge in [0.1, 0.15) is 12.7 Å². The van der Waals surface area contributed by atoms with E-state index in [9.17, 15) is 14.4 Å². The molecule has 0 rings (SSSR count). The number of methoxy groups -OCH3 is 1. The molecule has 0 aromatic rings. The van der Waals surface area contributed by atoms with Gasteiger partial charge in [-0.2, -0.15) is 0 Å². The summed E-state index contributed by atoms with van der Waals surface area (Å²) in [7, 11) is 1.55. The molecule has 0 aromatic carbocycles. The second-order valence-corrected chi connectivity index (χ2v) is 17.3. The summed E-state index contributed by atoms with van der Waals surface area (Å²) < 4.78 is 16.4. The topological polar surface area (TPSA) is 94.2 Å². The van der Waals surface area contributed by atoms with Crippen LogP contribution in [0.3, 0.4) is 0 Å². The SMILES string of the molecule is CCCCCCCCCOC(=O)CCCCCCCCCN(CCCCCCCC(=O)OC(CCCCCCCC)CCCCCCCC)CCCNC(=O)COC.